The summed E-state index contributed by atoms with van der Waals surface area (Å²) < 4.78 is 0.178. The third kappa shape index (κ3) is 2.96. The third-order valence-corrected chi connectivity index (χ3v) is 4.81. The van der Waals surface area contributed by atoms with Crippen LogP contribution in [0.2, 0.25) is 0 Å². The molecule has 0 spiro atoms. The molecule has 1 aliphatic heterocycles. The van der Waals surface area contributed by atoms with Crippen LogP contribution in [0.5, 0.6) is 0 Å². The van der Waals surface area contributed by atoms with E-state index < -0.39 is 0 Å². The number of hydrogen-bond donors (Lipinski definition) is 2. The van der Waals surface area contributed by atoms with Crippen LogP contribution in [0.25, 0.3) is 0 Å². The van der Waals surface area contributed by atoms with Gasteiger partial charge in [0.2, 0.25) is 0 Å². The van der Waals surface area contributed by atoms with Crippen molar-refractivity contribution < 1.29 is 4.79 Å². The number of rotatable bonds is 3. The van der Waals surface area contributed by atoms with Crippen LogP contribution >= 0.6 is 11.8 Å². The molecule has 1 saturated heterocycles. The standard InChI is InChI=1S/C13H19N3OS/c1-9-11(6-10(14)7-15-9)12(17)16-8-13(2)4-3-5-18-13/h6-7H,3-5,8,14H2,1-2H3,(H,16,17). The molecule has 18 heavy (non-hydrogen) atoms. The van der Waals surface area contributed by atoms with E-state index in [1.54, 1.807) is 12.3 Å². The zero-order chi connectivity index (χ0) is 13.2. The van der Waals surface area contributed by atoms with Gasteiger partial charge in [0.15, 0.2) is 0 Å². The Bertz CT molecular complexity index is 456. The highest BCUT2D eigenvalue weighted by Gasteiger charge is 2.29. The molecule has 3 N–H and O–H groups in total. The number of nitrogens with zero attached hydrogens (tertiary/aromatic N) is 1. The molecule has 4 nitrogen and oxygen atoms in total. The van der Waals surface area contributed by atoms with E-state index >= 15 is 0 Å². The van der Waals surface area contributed by atoms with Gasteiger partial charge < -0.3 is 11.1 Å². The number of amides is 1. The fourth-order valence-corrected chi connectivity index (χ4v) is 3.36. The van der Waals surface area contributed by atoms with Crippen LogP contribution in [-0.4, -0.2) is 27.9 Å². The molecule has 5 heteroatoms. The molecular weight excluding hydrogens is 246 g/mol. The van der Waals surface area contributed by atoms with Crippen molar-refractivity contribution in [2.24, 2.45) is 0 Å². The van der Waals surface area contributed by atoms with Crippen LogP contribution in [0.15, 0.2) is 12.3 Å². The van der Waals surface area contributed by atoms with Gasteiger partial charge >= 0.3 is 0 Å². The Morgan fingerprint density at radius 1 is 1.67 bits per heavy atom. The minimum Gasteiger partial charge on any atom is -0.397 e. The first-order chi connectivity index (χ1) is 8.50. The van der Waals surface area contributed by atoms with Crippen molar-refractivity contribution in [3.05, 3.63) is 23.5 Å². The van der Waals surface area contributed by atoms with Crippen LogP contribution in [0, 0.1) is 6.92 Å². The number of nitrogens with one attached hydrogen (secondary N) is 1. The maximum absolute atomic E-state index is 12.1. The molecule has 1 amide bonds. The van der Waals surface area contributed by atoms with Crippen molar-refractivity contribution in [3.63, 3.8) is 0 Å². The van der Waals surface area contributed by atoms with E-state index in [1.165, 1.54) is 12.2 Å². The molecule has 0 aliphatic carbocycles. The Hall–Kier alpha value is -1.23. The van der Waals surface area contributed by atoms with Gasteiger partial charge in [-0.15, -0.1) is 0 Å². The molecular formula is C13H19N3OS. The summed E-state index contributed by atoms with van der Waals surface area (Å²) in [6.45, 7) is 4.72. The lowest BCUT2D eigenvalue weighted by Crippen LogP contribution is -2.37. The Kier molecular flexibility index (Phi) is 3.80. The van der Waals surface area contributed by atoms with E-state index in [9.17, 15) is 4.79 Å². The largest absolute Gasteiger partial charge is 0.397 e. The van der Waals surface area contributed by atoms with E-state index in [-0.39, 0.29) is 10.7 Å². The predicted molar refractivity (Wildman–Crippen MR) is 75.8 cm³/mol. The molecule has 2 heterocycles. The van der Waals surface area contributed by atoms with Crippen molar-refractivity contribution in [1.29, 1.82) is 0 Å². The molecule has 2 rings (SSSR count). The highest BCUT2D eigenvalue weighted by atomic mass is 32.2. The second kappa shape index (κ2) is 5.18. The Balaban J connectivity index is 2.01. The molecule has 1 atom stereocenters. The molecule has 1 aromatic rings. The second-order valence-corrected chi connectivity index (χ2v) is 6.67. The summed E-state index contributed by atoms with van der Waals surface area (Å²) in [4.78, 5) is 16.2. The summed E-state index contributed by atoms with van der Waals surface area (Å²) >= 11 is 1.93. The summed E-state index contributed by atoms with van der Waals surface area (Å²) in [6, 6.07) is 1.68. The first kappa shape index (κ1) is 13.2. The Morgan fingerprint density at radius 2 is 2.44 bits per heavy atom. The van der Waals surface area contributed by atoms with Crippen molar-refractivity contribution in [1.82, 2.24) is 10.3 Å². The minimum absolute atomic E-state index is 0.0824. The number of thioether (sulfide) groups is 1. The van der Waals surface area contributed by atoms with Crippen molar-refractivity contribution >= 4 is 23.4 Å². The summed E-state index contributed by atoms with van der Waals surface area (Å²) in [5.74, 6) is 1.10. The van der Waals surface area contributed by atoms with E-state index in [0.29, 0.717) is 23.5 Å². The lowest BCUT2D eigenvalue weighted by atomic mass is 10.1. The number of nitrogen functional groups attached to an aromatic ring is 1. The van der Waals surface area contributed by atoms with Gasteiger partial charge in [0.25, 0.3) is 5.91 Å². The molecule has 0 radical (unpaired) electrons. The van der Waals surface area contributed by atoms with Gasteiger partial charge in [-0.1, -0.05) is 0 Å². The van der Waals surface area contributed by atoms with Crippen molar-refractivity contribution in [2.75, 3.05) is 18.0 Å². The highest BCUT2D eigenvalue weighted by molar-refractivity contribution is 8.00. The lowest BCUT2D eigenvalue weighted by molar-refractivity contribution is 0.0949. The second-order valence-electron chi connectivity index (χ2n) is 4.99. The van der Waals surface area contributed by atoms with E-state index in [1.807, 2.05) is 18.7 Å². The summed E-state index contributed by atoms with van der Waals surface area (Å²) in [5, 5.41) is 2.99. The molecule has 0 saturated carbocycles. The Labute approximate surface area is 112 Å². The topological polar surface area (TPSA) is 68.0 Å². The van der Waals surface area contributed by atoms with Gasteiger partial charge in [-0.25, -0.2) is 0 Å². The van der Waals surface area contributed by atoms with E-state index in [4.69, 9.17) is 5.73 Å². The van der Waals surface area contributed by atoms with Crippen LogP contribution in [0.1, 0.15) is 35.8 Å². The summed E-state index contributed by atoms with van der Waals surface area (Å²) in [7, 11) is 0. The maximum atomic E-state index is 12.1. The normalized spacial score (nSPS) is 23.0. The van der Waals surface area contributed by atoms with E-state index in [2.05, 4.69) is 17.2 Å². The van der Waals surface area contributed by atoms with Gasteiger partial charge in [-0.3, -0.25) is 9.78 Å². The van der Waals surface area contributed by atoms with Crippen LogP contribution in [-0.2, 0) is 0 Å². The van der Waals surface area contributed by atoms with Crippen LogP contribution in [0.3, 0.4) is 0 Å². The molecule has 1 aromatic heterocycles. The van der Waals surface area contributed by atoms with Crippen LogP contribution in [0.4, 0.5) is 5.69 Å². The van der Waals surface area contributed by atoms with Crippen molar-refractivity contribution in [3.8, 4) is 0 Å². The number of carbonyl (C=O) groups is 1. The lowest BCUT2D eigenvalue weighted by Gasteiger charge is -2.23. The first-order valence-corrected chi connectivity index (χ1v) is 7.13. The van der Waals surface area contributed by atoms with Gasteiger partial charge in [-0.05, 0) is 38.5 Å². The number of carbonyl (C=O) groups excluding carboxylic acids is 1. The average molecular weight is 265 g/mol. The number of anilines is 1. The number of aromatic nitrogens is 1. The maximum Gasteiger partial charge on any atom is 0.253 e. The van der Waals surface area contributed by atoms with Crippen molar-refractivity contribution in [2.45, 2.75) is 31.4 Å². The van der Waals surface area contributed by atoms with E-state index in [0.717, 1.165) is 6.42 Å². The summed E-state index contributed by atoms with van der Waals surface area (Å²) in [6.07, 6.45) is 3.96. The smallest absolute Gasteiger partial charge is 0.253 e. The molecule has 1 aliphatic rings. The minimum atomic E-state index is -0.0824. The fraction of sp³-hybridized carbons (Fsp3) is 0.538. The molecule has 98 valence electrons. The highest BCUT2D eigenvalue weighted by Crippen LogP contribution is 2.36. The Morgan fingerprint density at radius 3 is 3.11 bits per heavy atom. The van der Waals surface area contributed by atoms with Gasteiger partial charge in [0, 0.05) is 11.3 Å². The summed E-state index contributed by atoms with van der Waals surface area (Å²) in [5.41, 5.74) is 7.47. The third-order valence-electron chi connectivity index (χ3n) is 3.28. The fourth-order valence-electron chi connectivity index (χ4n) is 2.12. The number of aryl methyl sites for hydroxylation is 1. The SMILES string of the molecule is Cc1ncc(N)cc1C(=O)NCC1(C)CCCS1. The number of pyridine rings is 1. The zero-order valence-electron chi connectivity index (χ0n) is 10.8. The quantitative estimate of drug-likeness (QED) is 0.877. The van der Waals surface area contributed by atoms with Gasteiger partial charge in [0.1, 0.15) is 0 Å². The van der Waals surface area contributed by atoms with Crippen LogP contribution < -0.4 is 11.1 Å². The first-order valence-electron chi connectivity index (χ1n) is 6.14. The monoisotopic (exact) mass is 265 g/mol. The number of nitrogens with two attached hydrogens (primary N) is 1. The zero-order valence-corrected chi connectivity index (χ0v) is 11.6. The molecule has 0 bridgehead atoms. The number of hydrogen-bond acceptors (Lipinski definition) is 4. The molecule has 0 aromatic carbocycles. The molecule has 1 fully saturated rings. The predicted octanol–water partition coefficient (Wildman–Crippen LogP) is 1.99. The molecule has 1 unspecified atom stereocenters. The van der Waals surface area contributed by atoms with Gasteiger partial charge in [0.05, 0.1) is 23.1 Å². The van der Waals surface area contributed by atoms with Gasteiger partial charge in [-0.2, -0.15) is 11.8 Å². The average Bonchev–Trinajstić information content (AvgIpc) is 2.77.